The first kappa shape index (κ1) is 22.8. The Morgan fingerprint density at radius 1 is 1.32 bits per heavy atom. The van der Waals surface area contributed by atoms with Gasteiger partial charge in [-0.1, -0.05) is 20.8 Å². The summed E-state index contributed by atoms with van der Waals surface area (Å²) in [5.41, 5.74) is -0.0943. The number of methoxy groups -OCH3 is 1. The van der Waals surface area contributed by atoms with Gasteiger partial charge in [-0.2, -0.15) is 10.3 Å². The zero-order valence-electron chi connectivity index (χ0n) is 18.5. The highest BCUT2D eigenvalue weighted by atomic mass is 32.1. The lowest BCUT2D eigenvalue weighted by Crippen LogP contribution is -2.46. The molecule has 1 aliphatic rings. The van der Waals surface area contributed by atoms with Gasteiger partial charge in [0.25, 0.3) is 5.91 Å². The van der Waals surface area contributed by atoms with E-state index in [9.17, 15) is 14.9 Å². The molecule has 1 aromatic carbocycles. The molecule has 7 nitrogen and oxygen atoms in total. The molecule has 1 fully saturated rings. The molecule has 0 saturated heterocycles. The van der Waals surface area contributed by atoms with E-state index in [0.29, 0.717) is 22.7 Å². The molecule has 2 aromatic rings. The fourth-order valence-corrected chi connectivity index (χ4v) is 4.54. The number of hydrogen-bond donors (Lipinski definition) is 0. The molecule has 31 heavy (non-hydrogen) atoms. The molecule has 1 amide bonds. The van der Waals surface area contributed by atoms with Crippen molar-refractivity contribution in [1.29, 1.82) is 5.26 Å². The molecule has 0 spiro atoms. The number of benzene rings is 1. The highest BCUT2D eigenvalue weighted by Crippen LogP contribution is 2.37. The summed E-state index contributed by atoms with van der Waals surface area (Å²) in [6.07, 6.45) is 4.55. The van der Waals surface area contributed by atoms with Gasteiger partial charge in [-0.3, -0.25) is 9.59 Å². The molecule has 3 rings (SSSR count). The normalized spacial score (nSPS) is 15.7. The molecule has 0 bridgehead atoms. The second-order valence-corrected chi connectivity index (χ2v) is 9.84. The minimum Gasteiger partial charge on any atom is -0.496 e. The van der Waals surface area contributed by atoms with Crippen molar-refractivity contribution in [3.63, 3.8) is 0 Å². The number of nitrogens with zero attached hydrogens (tertiary/aromatic N) is 3. The molecule has 1 aromatic heterocycles. The van der Waals surface area contributed by atoms with Crippen LogP contribution in [0.2, 0.25) is 0 Å². The van der Waals surface area contributed by atoms with Crippen molar-refractivity contribution in [1.82, 2.24) is 4.57 Å². The number of nitriles is 1. The quantitative estimate of drug-likeness (QED) is 0.655. The second kappa shape index (κ2) is 8.67. The summed E-state index contributed by atoms with van der Waals surface area (Å²) in [6, 6.07) is 6.71. The predicted molar refractivity (Wildman–Crippen MR) is 117 cm³/mol. The number of ether oxygens (including phenoxy) is 2. The first-order valence-electron chi connectivity index (χ1n) is 10.1. The molecule has 0 atom stereocenters. The minimum absolute atomic E-state index is 0.129. The summed E-state index contributed by atoms with van der Waals surface area (Å²) in [6.45, 7) is 8.15. The van der Waals surface area contributed by atoms with E-state index in [4.69, 9.17) is 9.47 Å². The Hall–Kier alpha value is -2.92. The highest BCUT2D eigenvalue weighted by molar-refractivity contribution is 7.09. The first-order valence-corrected chi connectivity index (χ1v) is 11.0. The van der Waals surface area contributed by atoms with E-state index in [1.54, 1.807) is 12.1 Å². The highest BCUT2D eigenvalue weighted by Gasteiger charge is 2.41. The van der Waals surface area contributed by atoms with E-state index in [1.807, 2.05) is 16.8 Å². The summed E-state index contributed by atoms with van der Waals surface area (Å²) in [7, 11) is 1.47. The van der Waals surface area contributed by atoms with Gasteiger partial charge in [0.1, 0.15) is 11.4 Å². The maximum atomic E-state index is 13.1. The van der Waals surface area contributed by atoms with Crippen molar-refractivity contribution in [2.45, 2.75) is 64.5 Å². The third-order valence-electron chi connectivity index (χ3n) is 5.30. The molecule has 8 heteroatoms. The lowest BCUT2D eigenvalue weighted by Gasteiger charge is -2.40. The fraction of sp³-hybridized carbons (Fsp3) is 0.478. The zero-order chi connectivity index (χ0) is 22.8. The summed E-state index contributed by atoms with van der Waals surface area (Å²) in [5.74, 6) is -0.429. The first-order chi connectivity index (χ1) is 14.6. The molecule has 1 heterocycles. The molecule has 1 aliphatic carbocycles. The van der Waals surface area contributed by atoms with Gasteiger partial charge in [0, 0.05) is 18.0 Å². The Kier molecular flexibility index (Phi) is 6.37. The molecule has 164 valence electrons. The van der Waals surface area contributed by atoms with E-state index < -0.39 is 11.5 Å². The van der Waals surface area contributed by atoms with Crippen molar-refractivity contribution in [3.05, 3.63) is 45.2 Å². The van der Waals surface area contributed by atoms with Crippen molar-refractivity contribution in [3.8, 4) is 11.8 Å². The van der Waals surface area contributed by atoms with E-state index in [0.717, 1.165) is 24.1 Å². The van der Waals surface area contributed by atoms with Crippen LogP contribution in [-0.2, 0) is 21.5 Å². The van der Waals surface area contributed by atoms with Crippen LogP contribution in [0, 0.1) is 11.3 Å². The fourth-order valence-electron chi connectivity index (χ4n) is 3.50. The van der Waals surface area contributed by atoms with Crippen LogP contribution < -0.4 is 9.54 Å². The maximum absolute atomic E-state index is 13.1. The Bertz CT molecular complexity index is 1110. The monoisotopic (exact) mass is 441 g/mol. The van der Waals surface area contributed by atoms with E-state index >= 15 is 0 Å². The topological polar surface area (TPSA) is 93.7 Å². The maximum Gasteiger partial charge on any atom is 0.303 e. The summed E-state index contributed by atoms with van der Waals surface area (Å²) >= 11 is 1.44. The number of thiazole rings is 1. The van der Waals surface area contributed by atoms with Crippen molar-refractivity contribution in [2.24, 2.45) is 4.99 Å². The Balaban J connectivity index is 2.07. The van der Waals surface area contributed by atoms with E-state index in [-0.39, 0.29) is 16.9 Å². The summed E-state index contributed by atoms with van der Waals surface area (Å²) in [5, 5.41) is 9.19. The van der Waals surface area contributed by atoms with Gasteiger partial charge in [-0.25, -0.2) is 0 Å². The zero-order valence-corrected chi connectivity index (χ0v) is 19.3. The van der Waals surface area contributed by atoms with Crippen LogP contribution in [-0.4, -0.2) is 29.2 Å². The predicted octanol–water partition coefficient (Wildman–Crippen LogP) is 3.95. The van der Waals surface area contributed by atoms with Crippen LogP contribution in [0.3, 0.4) is 0 Å². The minimum atomic E-state index is -0.557. The second-order valence-electron chi connectivity index (χ2n) is 8.83. The van der Waals surface area contributed by atoms with Crippen LogP contribution in [0.4, 0.5) is 0 Å². The van der Waals surface area contributed by atoms with Crippen LogP contribution in [0.1, 0.15) is 67.8 Å². The summed E-state index contributed by atoms with van der Waals surface area (Å²) in [4.78, 5) is 30.7. The largest absolute Gasteiger partial charge is 0.496 e. The van der Waals surface area contributed by atoms with Crippen LogP contribution >= 0.6 is 11.3 Å². The average Bonchev–Trinajstić information content (AvgIpc) is 3.07. The number of amides is 1. The SMILES string of the molecule is COc1ccc(C#N)cc1C(=O)N=c1sc(C(C)(C)C)cn1CC1(OC(C)=O)CCC1. The van der Waals surface area contributed by atoms with Crippen LogP contribution in [0.5, 0.6) is 5.75 Å². The Labute approximate surface area is 185 Å². The molecule has 1 saturated carbocycles. The number of esters is 1. The number of rotatable bonds is 5. The van der Waals surface area contributed by atoms with Crippen LogP contribution in [0.15, 0.2) is 29.4 Å². The van der Waals surface area contributed by atoms with Gasteiger partial charge in [0.05, 0.1) is 30.9 Å². The van der Waals surface area contributed by atoms with Gasteiger partial charge in [0.2, 0.25) is 0 Å². The lowest BCUT2D eigenvalue weighted by atomic mass is 9.80. The smallest absolute Gasteiger partial charge is 0.303 e. The molecule has 0 unspecified atom stereocenters. The Morgan fingerprint density at radius 3 is 2.55 bits per heavy atom. The van der Waals surface area contributed by atoms with Gasteiger partial charge in [0.15, 0.2) is 4.80 Å². The number of aromatic nitrogens is 1. The van der Waals surface area contributed by atoms with Gasteiger partial charge < -0.3 is 14.0 Å². The number of carbonyl (C=O) groups is 2. The van der Waals surface area contributed by atoms with Crippen molar-refractivity contribution >= 4 is 23.2 Å². The molecule has 0 radical (unpaired) electrons. The van der Waals surface area contributed by atoms with Gasteiger partial charge >= 0.3 is 5.97 Å². The van der Waals surface area contributed by atoms with E-state index in [2.05, 4.69) is 25.8 Å². The number of carbonyl (C=O) groups excluding carboxylic acids is 2. The standard InChI is InChI=1S/C23H27N3O4S/c1-15(27)30-23(9-6-10-23)14-26-13-19(22(2,3)4)31-21(26)25-20(28)17-11-16(12-24)7-8-18(17)29-5/h7-8,11,13H,6,9-10,14H2,1-5H3. The van der Waals surface area contributed by atoms with E-state index in [1.165, 1.54) is 31.4 Å². The molecular formula is C23H27N3O4S. The molecule has 0 aliphatic heterocycles. The van der Waals surface area contributed by atoms with Crippen LogP contribution in [0.25, 0.3) is 0 Å². The Morgan fingerprint density at radius 2 is 2.03 bits per heavy atom. The van der Waals surface area contributed by atoms with Crippen molar-refractivity contribution < 1.29 is 19.1 Å². The lowest BCUT2D eigenvalue weighted by molar-refractivity contribution is -0.169. The van der Waals surface area contributed by atoms with Gasteiger partial charge in [-0.05, 0) is 42.9 Å². The summed E-state index contributed by atoms with van der Waals surface area (Å²) < 4.78 is 12.8. The van der Waals surface area contributed by atoms with Crippen molar-refractivity contribution in [2.75, 3.05) is 7.11 Å². The third-order valence-corrected chi connectivity index (χ3v) is 6.74. The molecular weight excluding hydrogens is 414 g/mol. The number of hydrogen-bond acceptors (Lipinski definition) is 6. The average molecular weight is 442 g/mol. The third kappa shape index (κ3) is 5.05. The molecule has 0 N–H and O–H groups in total. The van der Waals surface area contributed by atoms with Gasteiger partial charge in [-0.15, -0.1) is 11.3 Å².